The lowest BCUT2D eigenvalue weighted by molar-refractivity contribution is 0.0995. The normalized spacial score (nSPS) is 9.50. The van der Waals surface area contributed by atoms with Crippen molar-refractivity contribution in [2.24, 2.45) is 11.5 Å². The number of nitrogens with two attached hydrogens (primary N) is 2. The summed E-state index contributed by atoms with van der Waals surface area (Å²) >= 11 is 0. The Hall–Kier alpha value is -2.31. The zero-order valence-corrected chi connectivity index (χ0v) is 8.47. The molecule has 0 aromatic carbocycles. The van der Waals surface area contributed by atoms with E-state index in [-0.39, 0.29) is 12.3 Å². The third kappa shape index (κ3) is 3.82. The Bertz CT molecular complexity index is 394. The van der Waals surface area contributed by atoms with Crippen molar-refractivity contribution in [3.63, 3.8) is 0 Å². The number of pyridine rings is 1. The number of primary amides is 2. The van der Waals surface area contributed by atoms with Crippen molar-refractivity contribution < 1.29 is 14.3 Å². The standard InChI is InChI=1S/C9H12N4O3/c10-8(14)7-5-6(1-2-13-7)12-3-4-16-9(11)15/h1-2,5H,3-4H2,(H2,10,14)(H2,11,15)(H,12,13). The van der Waals surface area contributed by atoms with Crippen molar-refractivity contribution in [3.8, 4) is 0 Å². The van der Waals surface area contributed by atoms with Crippen LogP contribution < -0.4 is 16.8 Å². The van der Waals surface area contributed by atoms with Crippen LogP contribution in [-0.4, -0.2) is 30.1 Å². The Morgan fingerprint density at radius 3 is 2.81 bits per heavy atom. The molecule has 0 aliphatic carbocycles. The quantitative estimate of drug-likeness (QED) is 0.592. The number of amides is 2. The Kier molecular flexibility index (Phi) is 4.07. The van der Waals surface area contributed by atoms with Crippen LogP contribution in [0.25, 0.3) is 0 Å². The van der Waals surface area contributed by atoms with Gasteiger partial charge >= 0.3 is 6.09 Å². The molecule has 1 rings (SSSR count). The van der Waals surface area contributed by atoms with Crippen LogP contribution in [0.1, 0.15) is 10.5 Å². The maximum atomic E-state index is 10.8. The summed E-state index contributed by atoms with van der Waals surface area (Å²) in [5, 5.41) is 2.91. The van der Waals surface area contributed by atoms with Crippen LogP contribution in [0.2, 0.25) is 0 Å². The van der Waals surface area contributed by atoms with Crippen LogP contribution >= 0.6 is 0 Å². The average molecular weight is 224 g/mol. The molecule has 7 heteroatoms. The number of nitrogens with one attached hydrogen (secondary N) is 1. The van der Waals surface area contributed by atoms with Gasteiger partial charge in [-0.1, -0.05) is 0 Å². The van der Waals surface area contributed by atoms with Crippen LogP contribution in [0, 0.1) is 0 Å². The number of carbonyl (C=O) groups is 2. The molecule has 0 aliphatic heterocycles. The van der Waals surface area contributed by atoms with E-state index in [9.17, 15) is 9.59 Å². The van der Waals surface area contributed by atoms with Crippen molar-refractivity contribution in [1.82, 2.24) is 4.98 Å². The molecular weight excluding hydrogens is 212 g/mol. The fourth-order valence-corrected chi connectivity index (χ4v) is 1.02. The molecule has 0 saturated carbocycles. The summed E-state index contributed by atoms with van der Waals surface area (Å²) in [4.78, 5) is 24.8. The van der Waals surface area contributed by atoms with Crippen LogP contribution in [0.3, 0.4) is 0 Å². The van der Waals surface area contributed by atoms with Gasteiger partial charge in [-0.15, -0.1) is 0 Å². The fraction of sp³-hybridized carbons (Fsp3) is 0.222. The van der Waals surface area contributed by atoms with Gasteiger partial charge in [0.2, 0.25) is 0 Å². The van der Waals surface area contributed by atoms with Gasteiger partial charge in [0.05, 0.1) is 0 Å². The van der Waals surface area contributed by atoms with Crippen LogP contribution in [-0.2, 0) is 4.74 Å². The number of hydrogen-bond donors (Lipinski definition) is 3. The first-order valence-corrected chi connectivity index (χ1v) is 4.51. The Labute approximate surface area is 91.8 Å². The van der Waals surface area contributed by atoms with Crippen LogP contribution in [0.15, 0.2) is 18.3 Å². The van der Waals surface area contributed by atoms with E-state index in [2.05, 4.69) is 15.0 Å². The summed E-state index contributed by atoms with van der Waals surface area (Å²) in [5.74, 6) is -0.600. The molecule has 0 fully saturated rings. The number of nitrogens with zero attached hydrogens (tertiary/aromatic N) is 1. The topological polar surface area (TPSA) is 120 Å². The molecule has 0 spiro atoms. The Morgan fingerprint density at radius 2 is 2.19 bits per heavy atom. The van der Waals surface area contributed by atoms with Gasteiger partial charge in [0.25, 0.3) is 5.91 Å². The Morgan fingerprint density at radius 1 is 1.44 bits per heavy atom. The highest BCUT2D eigenvalue weighted by atomic mass is 16.5. The van der Waals surface area contributed by atoms with E-state index < -0.39 is 12.0 Å². The molecule has 1 heterocycles. The second-order valence-corrected chi connectivity index (χ2v) is 2.89. The molecule has 0 bridgehead atoms. The van der Waals surface area contributed by atoms with E-state index in [1.54, 1.807) is 6.07 Å². The van der Waals surface area contributed by atoms with E-state index in [0.29, 0.717) is 12.2 Å². The van der Waals surface area contributed by atoms with Gasteiger partial charge < -0.3 is 21.5 Å². The molecule has 0 unspecified atom stereocenters. The summed E-state index contributed by atoms with van der Waals surface area (Å²) in [6, 6.07) is 3.17. The number of ether oxygens (including phenoxy) is 1. The number of anilines is 1. The van der Waals surface area contributed by atoms with Gasteiger partial charge in [-0.05, 0) is 12.1 Å². The van der Waals surface area contributed by atoms with Crippen molar-refractivity contribution in [2.45, 2.75) is 0 Å². The molecule has 7 nitrogen and oxygen atoms in total. The largest absolute Gasteiger partial charge is 0.448 e. The van der Waals surface area contributed by atoms with Gasteiger partial charge in [-0.25, -0.2) is 4.79 Å². The highest BCUT2D eigenvalue weighted by Crippen LogP contribution is 2.06. The zero-order valence-electron chi connectivity index (χ0n) is 8.47. The number of carbonyl (C=O) groups excluding carboxylic acids is 2. The lowest BCUT2D eigenvalue weighted by Gasteiger charge is -2.06. The maximum Gasteiger partial charge on any atom is 0.404 e. The summed E-state index contributed by atoms with van der Waals surface area (Å²) in [6.07, 6.45) is 0.631. The summed E-state index contributed by atoms with van der Waals surface area (Å²) in [7, 11) is 0. The third-order valence-electron chi connectivity index (χ3n) is 1.69. The molecule has 0 saturated heterocycles. The molecule has 0 aliphatic rings. The summed E-state index contributed by atoms with van der Waals surface area (Å²) < 4.78 is 4.51. The lowest BCUT2D eigenvalue weighted by Crippen LogP contribution is -2.18. The molecule has 5 N–H and O–H groups in total. The van der Waals surface area contributed by atoms with Gasteiger partial charge in [0.1, 0.15) is 12.3 Å². The molecule has 2 amide bonds. The molecule has 1 aromatic rings. The van der Waals surface area contributed by atoms with Crippen molar-refractivity contribution in [3.05, 3.63) is 24.0 Å². The van der Waals surface area contributed by atoms with E-state index >= 15 is 0 Å². The number of rotatable bonds is 5. The number of hydrogen-bond acceptors (Lipinski definition) is 5. The highest BCUT2D eigenvalue weighted by molar-refractivity contribution is 5.91. The van der Waals surface area contributed by atoms with Gasteiger partial charge in [-0.3, -0.25) is 9.78 Å². The average Bonchev–Trinajstić information content (AvgIpc) is 2.24. The second-order valence-electron chi connectivity index (χ2n) is 2.89. The minimum Gasteiger partial charge on any atom is -0.448 e. The first kappa shape index (κ1) is 11.8. The zero-order chi connectivity index (χ0) is 12.0. The molecule has 0 radical (unpaired) electrons. The summed E-state index contributed by atoms with van der Waals surface area (Å²) in [5.41, 5.74) is 10.7. The Balaban J connectivity index is 2.45. The summed E-state index contributed by atoms with van der Waals surface area (Å²) in [6.45, 7) is 0.523. The number of aromatic nitrogens is 1. The monoisotopic (exact) mass is 224 g/mol. The first-order chi connectivity index (χ1) is 7.59. The minimum atomic E-state index is -0.825. The minimum absolute atomic E-state index is 0.142. The van der Waals surface area contributed by atoms with Crippen LogP contribution in [0.4, 0.5) is 10.5 Å². The molecule has 1 aromatic heterocycles. The molecule has 0 atom stereocenters. The SMILES string of the molecule is NC(=O)OCCNc1ccnc(C(N)=O)c1. The van der Waals surface area contributed by atoms with Crippen molar-refractivity contribution in [1.29, 1.82) is 0 Å². The van der Waals surface area contributed by atoms with E-state index in [4.69, 9.17) is 11.5 Å². The van der Waals surface area contributed by atoms with Gasteiger partial charge in [0.15, 0.2) is 0 Å². The van der Waals surface area contributed by atoms with Gasteiger partial charge in [-0.2, -0.15) is 0 Å². The third-order valence-corrected chi connectivity index (χ3v) is 1.69. The van der Waals surface area contributed by atoms with Gasteiger partial charge in [0, 0.05) is 18.4 Å². The molecule has 86 valence electrons. The van der Waals surface area contributed by atoms with E-state index in [1.165, 1.54) is 12.3 Å². The fourth-order valence-electron chi connectivity index (χ4n) is 1.02. The lowest BCUT2D eigenvalue weighted by atomic mass is 10.3. The second kappa shape index (κ2) is 5.54. The van der Waals surface area contributed by atoms with Crippen molar-refractivity contribution >= 4 is 17.7 Å². The smallest absolute Gasteiger partial charge is 0.404 e. The molecular formula is C9H12N4O3. The predicted molar refractivity (Wildman–Crippen MR) is 56.8 cm³/mol. The van der Waals surface area contributed by atoms with E-state index in [0.717, 1.165) is 0 Å². The predicted octanol–water partition coefficient (Wildman–Crippen LogP) is -0.312. The highest BCUT2D eigenvalue weighted by Gasteiger charge is 2.02. The first-order valence-electron chi connectivity index (χ1n) is 4.51. The van der Waals surface area contributed by atoms with Crippen LogP contribution in [0.5, 0.6) is 0 Å². The molecule has 16 heavy (non-hydrogen) atoms. The maximum absolute atomic E-state index is 10.8. The van der Waals surface area contributed by atoms with E-state index in [1.807, 2.05) is 0 Å². The van der Waals surface area contributed by atoms with Crippen molar-refractivity contribution in [2.75, 3.05) is 18.5 Å².